The zero-order valence-electron chi connectivity index (χ0n) is 20.6. The van der Waals surface area contributed by atoms with Crippen LogP contribution in [0.25, 0.3) is 11.0 Å². The minimum absolute atomic E-state index is 0.0479. The Kier molecular flexibility index (Phi) is 6.56. The predicted octanol–water partition coefficient (Wildman–Crippen LogP) is 4.99. The third-order valence-electron chi connectivity index (χ3n) is 6.00. The Balaban J connectivity index is 1.70. The summed E-state index contributed by atoms with van der Waals surface area (Å²) in [7, 11) is 0. The van der Waals surface area contributed by atoms with E-state index in [1.165, 1.54) is 4.90 Å². The number of benzene rings is 1. The van der Waals surface area contributed by atoms with Gasteiger partial charge in [-0.25, -0.2) is 14.8 Å². The highest BCUT2D eigenvalue weighted by Crippen LogP contribution is 2.30. The summed E-state index contributed by atoms with van der Waals surface area (Å²) in [5, 5.41) is 10.7. The molecule has 3 aromatic rings. The molecule has 182 valence electrons. The summed E-state index contributed by atoms with van der Waals surface area (Å²) in [6, 6.07) is 10.3. The number of hydrogen-bond donors (Lipinski definition) is 0. The Morgan fingerprint density at radius 3 is 2.43 bits per heavy atom. The average Bonchev–Trinajstić information content (AvgIpc) is 3.23. The number of aromatic nitrogens is 3. The van der Waals surface area contributed by atoms with Gasteiger partial charge in [0.1, 0.15) is 17.8 Å². The van der Waals surface area contributed by atoms with Crippen LogP contribution in [0.5, 0.6) is 0 Å². The van der Waals surface area contributed by atoms with Gasteiger partial charge in [0.15, 0.2) is 0 Å². The molecule has 3 amide bonds. The summed E-state index contributed by atoms with van der Waals surface area (Å²) in [6.07, 6.45) is 1.61. The molecule has 1 fully saturated rings. The molecular formula is C26H29ClN6O2. The highest BCUT2D eigenvalue weighted by molar-refractivity contribution is 6.30. The summed E-state index contributed by atoms with van der Waals surface area (Å²) in [4.78, 5) is 38.5. The van der Waals surface area contributed by atoms with Crippen molar-refractivity contribution in [2.75, 3.05) is 0 Å². The molecule has 1 aliphatic heterocycles. The normalized spacial score (nSPS) is 16.6. The van der Waals surface area contributed by atoms with E-state index in [-0.39, 0.29) is 35.6 Å². The van der Waals surface area contributed by atoms with Crippen LogP contribution in [-0.2, 0) is 24.4 Å². The van der Waals surface area contributed by atoms with Gasteiger partial charge in [-0.15, -0.1) is 0 Å². The molecule has 0 spiro atoms. The highest BCUT2D eigenvalue weighted by atomic mass is 35.5. The van der Waals surface area contributed by atoms with Crippen LogP contribution < -0.4 is 0 Å². The van der Waals surface area contributed by atoms with Crippen LogP contribution in [0.3, 0.4) is 0 Å². The van der Waals surface area contributed by atoms with E-state index in [2.05, 4.69) is 30.7 Å². The lowest BCUT2D eigenvalue weighted by Crippen LogP contribution is -2.38. The number of fused-ring (bicyclic) bond motifs is 1. The molecule has 35 heavy (non-hydrogen) atoms. The van der Waals surface area contributed by atoms with Crippen LogP contribution in [0.1, 0.15) is 51.7 Å². The fraction of sp³-hybridized carbons (Fsp3) is 0.423. The van der Waals surface area contributed by atoms with Crippen molar-refractivity contribution in [3.63, 3.8) is 0 Å². The Hall–Kier alpha value is -3.44. The number of nitrogens with zero attached hydrogens (tertiary/aromatic N) is 6. The third-order valence-corrected chi connectivity index (χ3v) is 6.25. The van der Waals surface area contributed by atoms with Gasteiger partial charge in [-0.1, -0.05) is 58.4 Å². The van der Waals surface area contributed by atoms with Gasteiger partial charge in [-0.3, -0.25) is 9.69 Å². The lowest BCUT2D eigenvalue weighted by Gasteiger charge is -2.24. The second-order valence-electron chi connectivity index (χ2n) is 10.5. The number of carbonyl (C=O) groups is 2. The average molecular weight is 493 g/mol. The van der Waals surface area contributed by atoms with Gasteiger partial charge in [0.25, 0.3) is 5.91 Å². The zero-order valence-corrected chi connectivity index (χ0v) is 21.4. The first-order chi connectivity index (χ1) is 16.5. The smallest absolute Gasteiger partial charge is 0.327 e. The van der Waals surface area contributed by atoms with Gasteiger partial charge < -0.3 is 9.47 Å². The largest absolute Gasteiger partial charge is 0.328 e. The summed E-state index contributed by atoms with van der Waals surface area (Å²) in [5.41, 5.74) is 2.21. The second-order valence-corrected chi connectivity index (χ2v) is 11.0. The second kappa shape index (κ2) is 9.31. The first kappa shape index (κ1) is 24.7. The molecule has 1 saturated heterocycles. The maximum atomic E-state index is 13.5. The fourth-order valence-corrected chi connectivity index (χ4v) is 4.62. The fourth-order valence-electron chi connectivity index (χ4n) is 4.50. The van der Waals surface area contributed by atoms with E-state index in [4.69, 9.17) is 11.6 Å². The number of hydrogen-bond acceptors (Lipinski definition) is 5. The van der Waals surface area contributed by atoms with Crippen molar-refractivity contribution in [3.05, 3.63) is 58.6 Å². The first-order valence-electron chi connectivity index (χ1n) is 11.6. The van der Waals surface area contributed by atoms with E-state index in [1.807, 2.05) is 42.7 Å². The summed E-state index contributed by atoms with van der Waals surface area (Å²) in [5.74, 6) is -0.178. The van der Waals surface area contributed by atoms with Crippen LogP contribution in [-0.4, -0.2) is 42.3 Å². The van der Waals surface area contributed by atoms with Crippen LogP contribution in [0.15, 0.2) is 36.5 Å². The minimum atomic E-state index is -0.552. The number of carbonyl (C=O) groups excluding carboxylic acids is 2. The first-order valence-corrected chi connectivity index (χ1v) is 12.0. The molecular weight excluding hydrogens is 464 g/mol. The maximum Gasteiger partial charge on any atom is 0.328 e. The van der Waals surface area contributed by atoms with E-state index in [9.17, 15) is 14.9 Å². The van der Waals surface area contributed by atoms with E-state index in [0.29, 0.717) is 23.8 Å². The van der Waals surface area contributed by atoms with E-state index in [1.54, 1.807) is 23.2 Å². The lowest BCUT2D eigenvalue weighted by atomic mass is 9.97. The molecule has 1 aliphatic rings. The van der Waals surface area contributed by atoms with E-state index >= 15 is 0 Å². The number of amides is 3. The number of urea groups is 1. The van der Waals surface area contributed by atoms with Gasteiger partial charge in [-0.05, 0) is 35.1 Å². The molecule has 0 saturated carbocycles. The third kappa shape index (κ3) is 5.01. The van der Waals surface area contributed by atoms with Gasteiger partial charge in [0.2, 0.25) is 5.82 Å². The standard InChI is InChI=1S/C26H29ClN6O2/c1-16(2)22-24(34)32(25(35)31(22)13-17-6-8-19(27)9-7-17)14-20-10-18-12-29-21(11-28)30-23(18)33(20)15-26(3,4)5/h6-10,12,16,22H,13-15H2,1-5H3. The lowest BCUT2D eigenvalue weighted by molar-refractivity contribution is -0.129. The molecule has 0 N–H and O–H groups in total. The molecule has 9 heteroatoms. The van der Waals surface area contributed by atoms with Crippen LogP contribution in [0.2, 0.25) is 5.02 Å². The number of rotatable bonds is 6. The van der Waals surface area contributed by atoms with Crippen molar-refractivity contribution in [2.24, 2.45) is 11.3 Å². The van der Waals surface area contributed by atoms with Crippen LogP contribution >= 0.6 is 11.6 Å². The Bertz CT molecular complexity index is 1320. The molecule has 3 heterocycles. The maximum absolute atomic E-state index is 13.5. The Morgan fingerprint density at radius 1 is 1.14 bits per heavy atom. The molecule has 0 aliphatic carbocycles. The van der Waals surface area contributed by atoms with Crippen LogP contribution in [0.4, 0.5) is 4.79 Å². The van der Waals surface area contributed by atoms with Gasteiger partial charge in [0.05, 0.1) is 6.54 Å². The van der Waals surface area contributed by atoms with E-state index in [0.717, 1.165) is 16.6 Å². The molecule has 2 aromatic heterocycles. The molecule has 1 atom stereocenters. The summed E-state index contributed by atoms with van der Waals surface area (Å²) in [6.45, 7) is 11.2. The Labute approximate surface area is 210 Å². The molecule has 1 unspecified atom stereocenters. The topological polar surface area (TPSA) is 95.1 Å². The van der Waals surface area contributed by atoms with Crippen molar-refractivity contribution >= 4 is 34.6 Å². The van der Waals surface area contributed by atoms with Gasteiger partial charge >= 0.3 is 6.03 Å². The zero-order chi connectivity index (χ0) is 25.5. The number of nitriles is 1. The summed E-state index contributed by atoms with van der Waals surface area (Å²) >= 11 is 6.01. The molecule has 0 radical (unpaired) electrons. The Morgan fingerprint density at radius 2 is 1.83 bits per heavy atom. The molecule has 0 bridgehead atoms. The molecule has 1 aromatic carbocycles. The quantitative estimate of drug-likeness (QED) is 0.451. The monoisotopic (exact) mass is 492 g/mol. The summed E-state index contributed by atoms with van der Waals surface area (Å²) < 4.78 is 1.99. The van der Waals surface area contributed by atoms with Crippen molar-refractivity contribution < 1.29 is 9.59 Å². The molecule has 8 nitrogen and oxygen atoms in total. The van der Waals surface area contributed by atoms with Crippen molar-refractivity contribution in [3.8, 4) is 6.07 Å². The van der Waals surface area contributed by atoms with Crippen LogP contribution in [0, 0.1) is 22.7 Å². The molecule has 4 rings (SSSR count). The van der Waals surface area contributed by atoms with Crippen molar-refractivity contribution in [2.45, 2.75) is 60.3 Å². The highest BCUT2D eigenvalue weighted by Gasteiger charge is 2.46. The van der Waals surface area contributed by atoms with Gasteiger partial charge in [0, 0.05) is 35.4 Å². The van der Waals surface area contributed by atoms with Gasteiger partial charge in [-0.2, -0.15) is 5.26 Å². The predicted molar refractivity (Wildman–Crippen MR) is 133 cm³/mol. The SMILES string of the molecule is CC(C)C1C(=O)N(Cc2cc3cnc(C#N)nc3n2CC(C)(C)C)C(=O)N1Cc1ccc(Cl)cc1. The van der Waals surface area contributed by atoms with Crippen molar-refractivity contribution in [1.82, 2.24) is 24.3 Å². The van der Waals surface area contributed by atoms with Crippen molar-refractivity contribution in [1.29, 1.82) is 5.26 Å². The number of imide groups is 1. The number of halogens is 1. The minimum Gasteiger partial charge on any atom is -0.327 e. The van der Waals surface area contributed by atoms with E-state index < -0.39 is 6.04 Å².